The fourth-order valence-corrected chi connectivity index (χ4v) is 3.81. The highest BCUT2D eigenvalue weighted by Crippen LogP contribution is 2.48. The van der Waals surface area contributed by atoms with Crippen molar-refractivity contribution in [3.63, 3.8) is 0 Å². The summed E-state index contributed by atoms with van der Waals surface area (Å²) < 4.78 is 10.2. The summed E-state index contributed by atoms with van der Waals surface area (Å²) in [5.41, 5.74) is 0.708. The van der Waals surface area contributed by atoms with E-state index in [9.17, 15) is 9.59 Å². The monoisotopic (exact) mass is 317 g/mol. The van der Waals surface area contributed by atoms with E-state index in [1.165, 1.54) is 19.3 Å². The summed E-state index contributed by atoms with van der Waals surface area (Å²) >= 11 is 0. The van der Waals surface area contributed by atoms with Crippen LogP contribution in [0, 0.1) is 17.8 Å². The lowest BCUT2D eigenvalue weighted by molar-refractivity contribution is -0.145. The lowest BCUT2D eigenvalue weighted by Gasteiger charge is -2.20. The second-order valence-electron chi connectivity index (χ2n) is 6.39. The number of carbonyl (C=O) groups is 2. The van der Waals surface area contributed by atoms with Gasteiger partial charge in [-0.15, -0.1) is 0 Å². The lowest BCUT2D eigenvalue weighted by atomic mass is 9.88. The molecule has 1 aromatic carbocycles. The molecule has 5 heteroatoms. The third-order valence-electron chi connectivity index (χ3n) is 4.84. The first-order chi connectivity index (χ1) is 11.2. The number of carbonyl (C=O) groups excluding carboxylic acids is 2. The number of anilines is 1. The minimum Gasteiger partial charge on any atom is -0.482 e. The minimum absolute atomic E-state index is 0.111. The molecule has 0 saturated heterocycles. The zero-order valence-corrected chi connectivity index (χ0v) is 13.4. The Labute approximate surface area is 136 Å². The van der Waals surface area contributed by atoms with Crippen molar-refractivity contribution < 1.29 is 19.1 Å². The van der Waals surface area contributed by atoms with E-state index < -0.39 is 5.97 Å². The molecule has 1 amide bonds. The molecule has 0 unspecified atom stereocenters. The average Bonchev–Trinajstić information content (AvgIpc) is 3.17. The molecule has 3 rings (SSSR count). The standard InChI is InChI=1S/C18H23NO4/c1-2-22-17(20)11-23-15-5-3-4-14(10-15)19-18(21)16-9-12-6-7-13(16)8-12/h3-5,10,12-13,16H,2,6-9,11H2,1H3,(H,19,21)/t12-,13+,16+/m0/s1. The first kappa shape index (κ1) is 15.8. The van der Waals surface area contributed by atoms with Crippen LogP contribution in [0.15, 0.2) is 24.3 Å². The SMILES string of the molecule is CCOC(=O)COc1cccc(NC(=O)[C@@H]2C[C@H]3CC[C@@H]2C3)c1. The molecule has 23 heavy (non-hydrogen) atoms. The van der Waals surface area contributed by atoms with E-state index in [4.69, 9.17) is 9.47 Å². The quantitative estimate of drug-likeness (QED) is 0.819. The number of esters is 1. The van der Waals surface area contributed by atoms with Crippen molar-refractivity contribution in [3.8, 4) is 5.75 Å². The Kier molecular flexibility index (Phi) is 4.84. The Hall–Kier alpha value is -2.04. The molecule has 0 aromatic heterocycles. The maximum atomic E-state index is 12.4. The molecule has 2 bridgehead atoms. The van der Waals surface area contributed by atoms with Gasteiger partial charge >= 0.3 is 5.97 Å². The third-order valence-corrected chi connectivity index (χ3v) is 4.84. The zero-order chi connectivity index (χ0) is 16.2. The summed E-state index contributed by atoms with van der Waals surface area (Å²) in [6.07, 6.45) is 4.70. The summed E-state index contributed by atoms with van der Waals surface area (Å²) in [5.74, 6) is 1.71. The van der Waals surface area contributed by atoms with Gasteiger partial charge in [0.1, 0.15) is 5.75 Å². The van der Waals surface area contributed by atoms with E-state index in [2.05, 4.69) is 5.32 Å². The van der Waals surface area contributed by atoms with Crippen LogP contribution >= 0.6 is 0 Å². The van der Waals surface area contributed by atoms with Crippen LogP contribution in [0.4, 0.5) is 5.69 Å². The number of rotatable bonds is 6. The molecule has 3 atom stereocenters. The van der Waals surface area contributed by atoms with Crippen LogP contribution in [-0.2, 0) is 14.3 Å². The molecule has 2 saturated carbocycles. The molecule has 124 valence electrons. The van der Waals surface area contributed by atoms with Gasteiger partial charge in [0, 0.05) is 17.7 Å². The van der Waals surface area contributed by atoms with Gasteiger partial charge in [-0.25, -0.2) is 4.79 Å². The van der Waals surface area contributed by atoms with Crippen LogP contribution in [0.25, 0.3) is 0 Å². The molecule has 2 aliphatic carbocycles. The van der Waals surface area contributed by atoms with E-state index in [1.54, 1.807) is 25.1 Å². The largest absolute Gasteiger partial charge is 0.482 e. The van der Waals surface area contributed by atoms with Gasteiger partial charge in [-0.05, 0) is 50.2 Å². The van der Waals surface area contributed by atoms with Crippen molar-refractivity contribution in [2.45, 2.75) is 32.6 Å². The van der Waals surface area contributed by atoms with E-state index in [0.29, 0.717) is 24.0 Å². The van der Waals surface area contributed by atoms with Gasteiger partial charge in [-0.1, -0.05) is 12.5 Å². The number of benzene rings is 1. The van der Waals surface area contributed by atoms with Crippen molar-refractivity contribution in [1.82, 2.24) is 0 Å². The first-order valence-electron chi connectivity index (χ1n) is 8.35. The van der Waals surface area contributed by atoms with E-state index in [-0.39, 0.29) is 18.4 Å². The number of hydrogen-bond donors (Lipinski definition) is 1. The number of hydrogen-bond acceptors (Lipinski definition) is 4. The van der Waals surface area contributed by atoms with Crippen LogP contribution in [0.2, 0.25) is 0 Å². The van der Waals surface area contributed by atoms with Gasteiger partial charge in [0.15, 0.2) is 6.61 Å². The second kappa shape index (κ2) is 7.02. The average molecular weight is 317 g/mol. The first-order valence-corrected chi connectivity index (χ1v) is 8.35. The molecule has 0 heterocycles. The van der Waals surface area contributed by atoms with Gasteiger partial charge in [-0.3, -0.25) is 4.79 Å². The van der Waals surface area contributed by atoms with Crippen LogP contribution in [-0.4, -0.2) is 25.1 Å². The fraction of sp³-hybridized carbons (Fsp3) is 0.556. The van der Waals surface area contributed by atoms with Gasteiger partial charge in [0.05, 0.1) is 6.61 Å². The Morgan fingerprint density at radius 3 is 2.83 bits per heavy atom. The summed E-state index contributed by atoms with van der Waals surface area (Å²) in [5, 5.41) is 2.99. The number of ether oxygens (including phenoxy) is 2. The van der Waals surface area contributed by atoms with Crippen LogP contribution in [0.5, 0.6) is 5.75 Å². The summed E-state index contributed by atoms with van der Waals surface area (Å²) in [7, 11) is 0. The number of fused-ring (bicyclic) bond motifs is 2. The predicted molar refractivity (Wildman–Crippen MR) is 86.1 cm³/mol. The Morgan fingerprint density at radius 2 is 2.13 bits per heavy atom. The Morgan fingerprint density at radius 1 is 1.26 bits per heavy atom. The van der Waals surface area contributed by atoms with Gasteiger partial charge in [0.25, 0.3) is 0 Å². The van der Waals surface area contributed by atoms with Crippen molar-refractivity contribution in [2.24, 2.45) is 17.8 Å². The highest BCUT2D eigenvalue weighted by molar-refractivity contribution is 5.93. The molecule has 0 aliphatic heterocycles. The molecule has 5 nitrogen and oxygen atoms in total. The van der Waals surface area contributed by atoms with E-state index in [0.717, 1.165) is 12.3 Å². The third kappa shape index (κ3) is 3.84. The van der Waals surface area contributed by atoms with Crippen LogP contribution < -0.4 is 10.1 Å². The van der Waals surface area contributed by atoms with Crippen molar-refractivity contribution in [3.05, 3.63) is 24.3 Å². The zero-order valence-electron chi connectivity index (χ0n) is 13.4. The molecule has 1 N–H and O–H groups in total. The molecule has 2 fully saturated rings. The van der Waals surface area contributed by atoms with Gasteiger partial charge in [0.2, 0.25) is 5.91 Å². The maximum Gasteiger partial charge on any atom is 0.344 e. The van der Waals surface area contributed by atoms with Crippen LogP contribution in [0.3, 0.4) is 0 Å². The van der Waals surface area contributed by atoms with Crippen molar-refractivity contribution in [1.29, 1.82) is 0 Å². The molecular weight excluding hydrogens is 294 g/mol. The summed E-state index contributed by atoms with van der Waals surface area (Å²) in [4.78, 5) is 23.8. The van der Waals surface area contributed by atoms with E-state index >= 15 is 0 Å². The minimum atomic E-state index is -0.399. The number of amides is 1. The normalized spacial score (nSPS) is 25.2. The second-order valence-corrected chi connectivity index (χ2v) is 6.39. The molecule has 2 aliphatic rings. The highest BCUT2D eigenvalue weighted by atomic mass is 16.6. The topological polar surface area (TPSA) is 64.6 Å². The highest BCUT2D eigenvalue weighted by Gasteiger charge is 2.42. The number of nitrogens with one attached hydrogen (secondary N) is 1. The lowest BCUT2D eigenvalue weighted by Crippen LogP contribution is -2.27. The fourth-order valence-electron chi connectivity index (χ4n) is 3.81. The molecule has 0 radical (unpaired) electrons. The van der Waals surface area contributed by atoms with Crippen molar-refractivity contribution >= 4 is 17.6 Å². The molecule has 0 spiro atoms. The molecular formula is C18H23NO4. The predicted octanol–water partition coefficient (Wildman–Crippen LogP) is 3.00. The Balaban J connectivity index is 1.55. The van der Waals surface area contributed by atoms with Crippen molar-refractivity contribution in [2.75, 3.05) is 18.5 Å². The van der Waals surface area contributed by atoms with Gasteiger partial charge in [-0.2, -0.15) is 0 Å². The van der Waals surface area contributed by atoms with Crippen LogP contribution in [0.1, 0.15) is 32.6 Å². The van der Waals surface area contributed by atoms with E-state index in [1.807, 2.05) is 6.07 Å². The summed E-state index contributed by atoms with van der Waals surface area (Å²) in [6, 6.07) is 7.13. The van der Waals surface area contributed by atoms with Gasteiger partial charge < -0.3 is 14.8 Å². The Bertz CT molecular complexity index is 586. The maximum absolute atomic E-state index is 12.4. The summed E-state index contributed by atoms with van der Waals surface area (Å²) in [6.45, 7) is 1.96. The molecule has 1 aromatic rings. The smallest absolute Gasteiger partial charge is 0.344 e.